The van der Waals surface area contributed by atoms with Crippen LogP contribution in [0.4, 0.5) is 0 Å². The number of hydrogen-bond acceptors (Lipinski definition) is 1. The summed E-state index contributed by atoms with van der Waals surface area (Å²) >= 11 is 0. The number of rotatable bonds is 3. The van der Waals surface area contributed by atoms with Gasteiger partial charge in [-0.25, -0.2) is 0 Å². The largest absolute Gasteiger partial charge is 0.349 e. The van der Waals surface area contributed by atoms with Crippen molar-refractivity contribution in [2.45, 2.75) is 58.9 Å². The Morgan fingerprint density at radius 3 is 2.38 bits per heavy atom. The van der Waals surface area contributed by atoms with Crippen molar-refractivity contribution in [3.05, 3.63) is 48.0 Å². The molecule has 0 unspecified atom stereocenters. The Hall–Kier alpha value is -1.83. The van der Waals surface area contributed by atoms with Crippen LogP contribution in [-0.4, -0.2) is 5.91 Å². The first-order chi connectivity index (χ1) is 11.5. The summed E-state index contributed by atoms with van der Waals surface area (Å²) in [4.78, 5) is 12.7. The molecule has 2 nitrogen and oxygen atoms in total. The van der Waals surface area contributed by atoms with Gasteiger partial charge in [0.05, 0.1) is 6.04 Å². The van der Waals surface area contributed by atoms with E-state index < -0.39 is 0 Å². The molecule has 2 aromatic carbocycles. The second-order valence-corrected chi connectivity index (χ2v) is 8.17. The third kappa shape index (κ3) is 3.63. The third-order valence-electron chi connectivity index (χ3n) is 5.25. The van der Waals surface area contributed by atoms with Gasteiger partial charge in [0.2, 0.25) is 5.91 Å². The lowest BCUT2D eigenvalue weighted by molar-refractivity contribution is -0.129. The molecule has 1 amide bonds. The normalized spacial score (nSPS) is 17.6. The molecule has 1 fully saturated rings. The summed E-state index contributed by atoms with van der Waals surface area (Å²) in [6.07, 6.45) is 6.29. The van der Waals surface area contributed by atoms with Crippen molar-refractivity contribution in [1.82, 2.24) is 5.32 Å². The van der Waals surface area contributed by atoms with Crippen LogP contribution in [0.15, 0.2) is 42.5 Å². The van der Waals surface area contributed by atoms with Crippen molar-refractivity contribution in [2.75, 3.05) is 0 Å². The second kappa shape index (κ2) is 6.96. The fraction of sp³-hybridized carbons (Fsp3) is 0.500. The highest BCUT2D eigenvalue weighted by Crippen LogP contribution is 2.37. The topological polar surface area (TPSA) is 29.1 Å². The van der Waals surface area contributed by atoms with Gasteiger partial charge in [-0.1, -0.05) is 82.5 Å². The molecule has 2 heteroatoms. The predicted molar refractivity (Wildman–Crippen MR) is 101 cm³/mol. The number of carbonyl (C=O) groups is 1. The smallest absolute Gasteiger partial charge is 0.225 e. The van der Waals surface area contributed by atoms with Crippen molar-refractivity contribution >= 4 is 16.7 Å². The fourth-order valence-electron chi connectivity index (χ4n) is 3.80. The van der Waals surface area contributed by atoms with E-state index in [1.54, 1.807) is 0 Å². The quantitative estimate of drug-likeness (QED) is 0.780. The van der Waals surface area contributed by atoms with Crippen LogP contribution in [0.3, 0.4) is 0 Å². The Kier molecular flexibility index (Phi) is 4.93. The van der Waals surface area contributed by atoms with Crippen molar-refractivity contribution in [3.63, 3.8) is 0 Å². The van der Waals surface area contributed by atoms with E-state index in [0.29, 0.717) is 5.92 Å². The molecule has 0 aliphatic heterocycles. The van der Waals surface area contributed by atoms with Crippen LogP contribution in [0.5, 0.6) is 0 Å². The highest BCUT2D eigenvalue weighted by molar-refractivity contribution is 5.87. The number of fused-ring (bicyclic) bond motifs is 1. The van der Waals surface area contributed by atoms with Crippen LogP contribution < -0.4 is 5.32 Å². The summed E-state index contributed by atoms with van der Waals surface area (Å²) in [5.41, 5.74) is 0.912. The molecule has 1 atom stereocenters. The SMILES string of the molecule is CC(C)(C)C(=O)N[C@@H](c1cccc2ccccc12)C1CCCCC1. The first kappa shape index (κ1) is 17.0. The number of carbonyl (C=O) groups excluding carboxylic acids is 1. The molecule has 0 bridgehead atoms. The Balaban J connectivity index is 2.01. The number of benzene rings is 2. The molecule has 0 saturated heterocycles. The first-order valence-electron chi connectivity index (χ1n) is 9.25. The van der Waals surface area contributed by atoms with E-state index in [1.165, 1.54) is 48.4 Å². The van der Waals surface area contributed by atoms with Gasteiger partial charge in [0, 0.05) is 5.41 Å². The van der Waals surface area contributed by atoms with Gasteiger partial charge in [-0.2, -0.15) is 0 Å². The maximum atomic E-state index is 12.7. The minimum atomic E-state index is -0.364. The van der Waals surface area contributed by atoms with Crippen molar-refractivity contribution in [2.24, 2.45) is 11.3 Å². The Morgan fingerprint density at radius 1 is 1.00 bits per heavy atom. The number of hydrogen-bond donors (Lipinski definition) is 1. The van der Waals surface area contributed by atoms with Gasteiger partial charge in [0.15, 0.2) is 0 Å². The lowest BCUT2D eigenvalue weighted by Crippen LogP contribution is -2.40. The van der Waals surface area contributed by atoms with Crippen molar-refractivity contribution < 1.29 is 4.79 Å². The minimum Gasteiger partial charge on any atom is -0.349 e. The van der Waals surface area contributed by atoms with Crippen LogP contribution in [-0.2, 0) is 4.79 Å². The summed E-state index contributed by atoms with van der Waals surface area (Å²) in [5, 5.41) is 5.92. The molecule has 1 saturated carbocycles. The Morgan fingerprint density at radius 2 is 1.67 bits per heavy atom. The zero-order chi connectivity index (χ0) is 17.2. The maximum Gasteiger partial charge on any atom is 0.225 e. The van der Waals surface area contributed by atoms with E-state index in [2.05, 4.69) is 47.8 Å². The van der Waals surface area contributed by atoms with E-state index in [9.17, 15) is 4.79 Å². The molecule has 0 heterocycles. The highest BCUT2D eigenvalue weighted by atomic mass is 16.2. The Bertz CT molecular complexity index is 702. The van der Waals surface area contributed by atoms with Gasteiger partial charge < -0.3 is 5.32 Å². The van der Waals surface area contributed by atoms with Gasteiger partial charge in [0.25, 0.3) is 0 Å². The summed E-state index contributed by atoms with van der Waals surface area (Å²) < 4.78 is 0. The van der Waals surface area contributed by atoms with Crippen molar-refractivity contribution in [3.8, 4) is 0 Å². The molecule has 0 spiro atoms. The second-order valence-electron chi connectivity index (χ2n) is 8.17. The summed E-state index contributed by atoms with van der Waals surface area (Å²) in [5.74, 6) is 0.682. The minimum absolute atomic E-state index is 0.114. The van der Waals surface area contributed by atoms with Crippen LogP contribution in [0.2, 0.25) is 0 Å². The van der Waals surface area contributed by atoms with Gasteiger partial charge in [-0.15, -0.1) is 0 Å². The molecule has 0 radical (unpaired) electrons. The molecule has 1 N–H and O–H groups in total. The molecule has 2 aromatic rings. The van der Waals surface area contributed by atoms with Crippen LogP contribution in [0.25, 0.3) is 10.8 Å². The van der Waals surface area contributed by atoms with Gasteiger partial charge in [-0.3, -0.25) is 4.79 Å². The molecular formula is C22H29NO. The van der Waals surface area contributed by atoms with Crippen LogP contribution >= 0.6 is 0 Å². The average Bonchev–Trinajstić information content (AvgIpc) is 2.59. The lowest BCUT2D eigenvalue weighted by Gasteiger charge is -2.34. The zero-order valence-corrected chi connectivity index (χ0v) is 15.1. The molecule has 1 aliphatic rings. The number of amides is 1. The molecule has 24 heavy (non-hydrogen) atoms. The van der Waals surface area contributed by atoms with Crippen LogP contribution in [0.1, 0.15) is 64.5 Å². The third-order valence-corrected chi connectivity index (χ3v) is 5.25. The highest BCUT2D eigenvalue weighted by Gasteiger charge is 2.31. The molecule has 128 valence electrons. The van der Waals surface area contributed by atoms with E-state index in [-0.39, 0.29) is 17.4 Å². The molecule has 1 aliphatic carbocycles. The predicted octanol–water partition coefficient (Wildman–Crippen LogP) is 5.62. The first-order valence-corrected chi connectivity index (χ1v) is 9.25. The molecule has 3 rings (SSSR count). The average molecular weight is 323 g/mol. The Labute approximate surface area is 145 Å². The van der Waals surface area contributed by atoms with E-state index in [0.717, 1.165) is 0 Å². The van der Waals surface area contributed by atoms with Crippen LogP contribution in [0, 0.1) is 11.3 Å². The van der Waals surface area contributed by atoms with Gasteiger partial charge >= 0.3 is 0 Å². The van der Waals surface area contributed by atoms with E-state index in [1.807, 2.05) is 20.8 Å². The lowest BCUT2D eigenvalue weighted by atomic mass is 9.79. The van der Waals surface area contributed by atoms with E-state index >= 15 is 0 Å². The van der Waals surface area contributed by atoms with E-state index in [4.69, 9.17) is 0 Å². The van der Waals surface area contributed by atoms with Gasteiger partial charge in [-0.05, 0) is 35.1 Å². The number of nitrogens with one attached hydrogen (secondary N) is 1. The van der Waals surface area contributed by atoms with Crippen molar-refractivity contribution in [1.29, 1.82) is 0 Å². The molecule has 0 aromatic heterocycles. The standard InChI is InChI=1S/C22H29NO/c1-22(2,3)21(24)23-20(17-11-5-4-6-12-17)19-15-9-13-16-10-7-8-14-18(16)19/h7-10,13-15,17,20H,4-6,11-12H2,1-3H3,(H,23,24)/t20-/m1/s1. The fourth-order valence-corrected chi connectivity index (χ4v) is 3.80. The summed E-state index contributed by atoms with van der Waals surface area (Å²) in [7, 11) is 0. The summed E-state index contributed by atoms with van der Waals surface area (Å²) in [6, 6.07) is 15.1. The molecular weight excluding hydrogens is 294 g/mol. The maximum absolute atomic E-state index is 12.7. The summed E-state index contributed by atoms with van der Waals surface area (Å²) in [6.45, 7) is 5.97. The zero-order valence-electron chi connectivity index (χ0n) is 15.1. The monoisotopic (exact) mass is 323 g/mol. The van der Waals surface area contributed by atoms with Gasteiger partial charge in [0.1, 0.15) is 0 Å².